The third-order valence-electron chi connectivity index (χ3n) is 5.85. The summed E-state index contributed by atoms with van der Waals surface area (Å²) in [6.07, 6.45) is 0.949. The van der Waals surface area contributed by atoms with Crippen LogP contribution in [0.1, 0.15) is 38.3 Å². The van der Waals surface area contributed by atoms with Crippen molar-refractivity contribution in [2.45, 2.75) is 32.7 Å². The number of hydrogen-bond acceptors (Lipinski definition) is 3. The summed E-state index contributed by atoms with van der Waals surface area (Å²) in [5, 5.41) is 0. The molecule has 1 aliphatic carbocycles. The van der Waals surface area contributed by atoms with E-state index in [1.54, 1.807) is 24.3 Å². The molecule has 0 bridgehead atoms. The highest BCUT2D eigenvalue weighted by atomic mass is 79.9. The van der Waals surface area contributed by atoms with Gasteiger partial charge in [-0.2, -0.15) is 0 Å². The van der Waals surface area contributed by atoms with Gasteiger partial charge < -0.3 is 0 Å². The number of carbonyl (C=O) groups is 1. The Labute approximate surface area is 181 Å². The lowest BCUT2D eigenvalue weighted by molar-refractivity contribution is -0.118. The molecular formula is C23H20BrN3O3. The maximum absolute atomic E-state index is 13.5. The van der Waals surface area contributed by atoms with Crippen LogP contribution in [0.25, 0.3) is 11.4 Å². The van der Waals surface area contributed by atoms with Gasteiger partial charge >= 0.3 is 11.4 Å². The zero-order valence-corrected chi connectivity index (χ0v) is 18.2. The predicted molar refractivity (Wildman–Crippen MR) is 118 cm³/mol. The van der Waals surface area contributed by atoms with E-state index in [2.05, 4.69) is 15.9 Å². The molecule has 1 unspecified atom stereocenters. The summed E-state index contributed by atoms with van der Waals surface area (Å²) in [7, 11) is 0. The predicted octanol–water partition coefficient (Wildman–Crippen LogP) is 3.77. The first-order valence-electron chi connectivity index (χ1n) is 9.82. The van der Waals surface area contributed by atoms with Crippen molar-refractivity contribution in [1.82, 2.24) is 13.9 Å². The highest BCUT2D eigenvalue weighted by molar-refractivity contribution is 9.10. The summed E-state index contributed by atoms with van der Waals surface area (Å²) < 4.78 is 4.96. The molecule has 6 nitrogen and oxygen atoms in total. The minimum absolute atomic E-state index is 0.00423. The molecule has 0 radical (unpaired) electrons. The highest BCUT2D eigenvalue weighted by Gasteiger charge is 2.45. The fourth-order valence-electron chi connectivity index (χ4n) is 4.60. The summed E-state index contributed by atoms with van der Waals surface area (Å²) in [4.78, 5) is 40.1. The molecule has 0 fully saturated rings. The monoisotopic (exact) mass is 465 g/mol. The van der Waals surface area contributed by atoms with Gasteiger partial charge in [-0.3, -0.25) is 4.79 Å². The molecule has 0 saturated heterocycles. The Morgan fingerprint density at radius 3 is 2.23 bits per heavy atom. The number of para-hydroxylation sites is 1. The molecule has 1 aliphatic heterocycles. The number of hydrogen-bond donors (Lipinski definition) is 0. The molecular weight excluding hydrogens is 446 g/mol. The number of carbonyl (C=O) groups excluding carboxylic acids is 1. The van der Waals surface area contributed by atoms with Crippen LogP contribution in [0.3, 0.4) is 0 Å². The molecule has 0 amide bonds. The van der Waals surface area contributed by atoms with Gasteiger partial charge in [0.25, 0.3) is 0 Å². The summed E-state index contributed by atoms with van der Waals surface area (Å²) in [5.74, 6) is -0.00423. The molecule has 7 heteroatoms. The molecule has 0 spiro atoms. The Balaban J connectivity index is 1.83. The molecule has 1 atom stereocenters. The first-order chi connectivity index (χ1) is 14.3. The second kappa shape index (κ2) is 6.54. The van der Waals surface area contributed by atoms with Crippen LogP contribution in [0.5, 0.6) is 0 Å². The van der Waals surface area contributed by atoms with Crippen molar-refractivity contribution >= 4 is 27.4 Å². The maximum atomic E-state index is 13.5. The number of Topliss-reactive ketones (excluding diaryl/α,β-unsaturated/α-hetero) is 1. The van der Waals surface area contributed by atoms with Crippen LogP contribution in [0, 0.1) is 5.41 Å². The van der Waals surface area contributed by atoms with Crippen LogP contribution < -0.4 is 11.4 Å². The van der Waals surface area contributed by atoms with E-state index in [0.717, 1.165) is 10.0 Å². The number of nitrogens with zero attached hydrogens (tertiary/aromatic N) is 3. The van der Waals surface area contributed by atoms with Gasteiger partial charge in [0, 0.05) is 16.5 Å². The molecule has 2 aromatic carbocycles. The Kier molecular flexibility index (Phi) is 4.15. The summed E-state index contributed by atoms with van der Waals surface area (Å²) in [5.41, 5.74) is 1.35. The average molecular weight is 466 g/mol. The number of rotatable bonds is 2. The molecule has 2 heterocycles. The van der Waals surface area contributed by atoms with E-state index in [9.17, 15) is 14.4 Å². The quantitative estimate of drug-likeness (QED) is 0.578. The first-order valence-corrected chi connectivity index (χ1v) is 10.6. The standard InChI is InChI=1S/C23H20BrN3O3/c1-23(2)12-17-19(18(28)13-23)20(14-8-10-15(24)11-9-14)27-22(30)25(21(29)26(17)27)16-6-4-3-5-7-16/h3-11,20H,12-13H2,1-2H3. The molecule has 0 N–H and O–H groups in total. The molecule has 152 valence electrons. The number of ketones is 1. The Morgan fingerprint density at radius 2 is 1.57 bits per heavy atom. The fourth-order valence-corrected chi connectivity index (χ4v) is 4.87. The van der Waals surface area contributed by atoms with Crippen LogP contribution >= 0.6 is 15.9 Å². The van der Waals surface area contributed by atoms with Crippen molar-refractivity contribution in [3.63, 3.8) is 0 Å². The molecule has 0 saturated carbocycles. The number of aromatic nitrogens is 3. The molecule has 3 aromatic rings. The van der Waals surface area contributed by atoms with Gasteiger partial charge in [-0.25, -0.2) is 23.5 Å². The van der Waals surface area contributed by atoms with Crippen molar-refractivity contribution in [2.24, 2.45) is 5.41 Å². The first kappa shape index (κ1) is 19.1. The highest BCUT2D eigenvalue weighted by Crippen LogP contribution is 2.46. The minimum Gasteiger partial charge on any atom is -0.294 e. The maximum Gasteiger partial charge on any atom is 0.356 e. The van der Waals surface area contributed by atoms with Crippen molar-refractivity contribution in [3.8, 4) is 5.69 Å². The second-order valence-electron chi connectivity index (χ2n) is 8.65. The van der Waals surface area contributed by atoms with Crippen LogP contribution in [0.15, 0.2) is 74.2 Å². The summed E-state index contributed by atoms with van der Waals surface area (Å²) in [6, 6.07) is 15.8. The molecule has 1 aromatic heterocycles. The van der Waals surface area contributed by atoms with E-state index in [-0.39, 0.29) is 11.2 Å². The van der Waals surface area contributed by atoms with E-state index < -0.39 is 17.4 Å². The smallest absolute Gasteiger partial charge is 0.294 e. The fraction of sp³-hybridized carbons (Fsp3) is 0.261. The molecule has 30 heavy (non-hydrogen) atoms. The van der Waals surface area contributed by atoms with E-state index in [1.807, 2.05) is 44.2 Å². The van der Waals surface area contributed by atoms with Gasteiger partial charge in [-0.15, -0.1) is 0 Å². The summed E-state index contributed by atoms with van der Waals surface area (Å²) in [6.45, 7) is 4.03. The third-order valence-corrected chi connectivity index (χ3v) is 6.37. The lowest BCUT2D eigenvalue weighted by atomic mass is 9.74. The lowest BCUT2D eigenvalue weighted by Gasteiger charge is -2.30. The number of halogens is 1. The van der Waals surface area contributed by atoms with Crippen LogP contribution in [-0.4, -0.2) is 19.7 Å². The largest absolute Gasteiger partial charge is 0.356 e. The minimum atomic E-state index is -0.609. The zero-order valence-electron chi connectivity index (χ0n) is 16.6. The van der Waals surface area contributed by atoms with Crippen LogP contribution in [0.4, 0.5) is 0 Å². The van der Waals surface area contributed by atoms with Crippen molar-refractivity contribution in [3.05, 3.63) is 91.2 Å². The van der Waals surface area contributed by atoms with E-state index >= 15 is 0 Å². The van der Waals surface area contributed by atoms with Gasteiger partial charge in [0.15, 0.2) is 5.78 Å². The topological polar surface area (TPSA) is 66.0 Å². The Morgan fingerprint density at radius 1 is 0.900 bits per heavy atom. The Bertz CT molecular complexity index is 1320. The van der Waals surface area contributed by atoms with Crippen LogP contribution in [0.2, 0.25) is 0 Å². The normalized spacial score (nSPS) is 19.7. The second-order valence-corrected chi connectivity index (χ2v) is 9.56. The molecule has 5 rings (SSSR count). The van der Waals surface area contributed by atoms with Crippen molar-refractivity contribution < 1.29 is 4.79 Å². The van der Waals surface area contributed by atoms with Gasteiger partial charge in [0.1, 0.15) is 6.04 Å². The van der Waals surface area contributed by atoms with E-state index in [1.165, 1.54) is 13.9 Å². The third kappa shape index (κ3) is 2.72. The van der Waals surface area contributed by atoms with Gasteiger partial charge in [0.2, 0.25) is 0 Å². The number of allylic oxidation sites excluding steroid dienone is 2. The number of benzene rings is 2. The van der Waals surface area contributed by atoms with E-state index in [0.29, 0.717) is 29.8 Å². The zero-order chi connectivity index (χ0) is 21.2. The summed E-state index contributed by atoms with van der Waals surface area (Å²) >= 11 is 3.44. The van der Waals surface area contributed by atoms with Crippen molar-refractivity contribution in [2.75, 3.05) is 0 Å². The van der Waals surface area contributed by atoms with Crippen molar-refractivity contribution in [1.29, 1.82) is 0 Å². The Hall–Kier alpha value is -2.93. The van der Waals surface area contributed by atoms with Gasteiger partial charge in [-0.05, 0) is 41.7 Å². The van der Waals surface area contributed by atoms with Gasteiger partial charge in [0.05, 0.1) is 11.4 Å². The molecule has 2 aliphatic rings. The van der Waals surface area contributed by atoms with E-state index in [4.69, 9.17) is 0 Å². The number of fused-ring (bicyclic) bond motifs is 2. The SMILES string of the molecule is CC1(C)CC(=O)C2=C(C1)n1c(=O)n(-c3ccccc3)c(=O)n1C2c1ccc(Br)cc1. The lowest BCUT2D eigenvalue weighted by Crippen LogP contribution is -2.33. The van der Waals surface area contributed by atoms with Gasteiger partial charge in [-0.1, -0.05) is 60.1 Å². The average Bonchev–Trinajstić information content (AvgIpc) is 3.16. The van der Waals surface area contributed by atoms with Crippen LogP contribution in [-0.2, 0) is 4.79 Å².